The molecule has 5 heteroatoms. The largest absolute Gasteiger partial charge is 0.492 e. The molecule has 0 saturated carbocycles. The van der Waals surface area contributed by atoms with E-state index in [4.69, 9.17) is 9.72 Å². The summed E-state index contributed by atoms with van der Waals surface area (Å²) >= 11 is 1.45. The number of fused-ring (bicyclic) bond motifs is 1. The van der Waals surface area contributed by atoms with Gasteiger partial charge in [-0.15, -0.1) is 0 Å². The van der Waals surface area contributed by atoms with Gasteiger partial charge in [-0.3, -0.25) is 4.79 Å². The van der Waals surface area contributed by atoms with Gasteiger partial charge in [-0.05, 0) is 61.7 Å². The van der Waals surface area contributed by atoms with Gasteiger partial charge in [-0.2, -0.15) is 0 Å². The number of thioether (sulfide) groups is 1. The zero-order valence-electron chi connectivity index (χ0n) is 15.9. The van der Waals surface area contributed by atoms with Gasteiger partial charge >= 0.3 is 0 Å². The first-order valence-electron chi connectivity index (χ1n) is 9.15. The van der Waals surface area contributed by atoms with E-state index in [1.807, 2.05) is 38.1 Å². The van der Waals surface area contributed by atoms with Gasteiger partial charge in [0, 0.05) is 5.39 Å². The highest BCUT2D eigenvalue weighted by Crippen LogP contribution is 2.27. The zero-order valence-corrected chi connectivity index (χ0v) is 16.7. The maximum Gasteiger partial charge on any atom is 0.234 e. The van der Waals surface area contributed by atoms with Gasteiger partial charge in [0.2, 0.25) is 5.91 Å². The second-order valence-corrected chi connectivity index (χ2v) is 7.22. The number of pyridine rings is 1. The Morgan fingerprint density at radius 3 is 2.74 bits per heavy atom. The predicted molar refractivity (Wildman–Crippen MR) is 113 cm³/mol. The number of anilines is 1. The van der Waals surface area contributed by atoms with E-state index in [2.05, 4.69) is 36.5 Å². The third-order valence-corrected chi connectivity index (χ3v) is 5.33. The second-order valence-electron chi connectivity index (χ2n) is 6.26. The molecule has 2 aromatic carbocycles. The normalized spacial score (nSPS) is 10.8. The van der Waals surface area contributed by atoms with E-state index in [1.54, 1.807) is 0 Å². The standard InChI is InChI=1S/C22H24N2O2S/c1-4-16-10-11-18-17(13-16)12-15(3)22(24-18)27-14-21(25)23-19-8-6-7-9-20(19)26-5-2/h6-13H,4-5,14H2,1-3H3,(H,23,25). The number of hydrogen-bond acceptors (Lipinski definition) is 4. The smallest absolute Gasteiger partial charge is 0.234 e. The first-order valence-corrected chi connectivity index (χ1v) is 10.1. The first kappa shape index (κ1) is 19.2. The van der Waals surface area contributed by atoms with E-state index in [0.29, 0.717) is 23.8 Å². The fraction of sp³-hybridized carbons (Fsp3) is 0.273. The highest BCUT2D eigenvalue weighted by atomic mass is 32.2. The lowest BCUT2D eigenvalue weighted by Gasteiger charge is -2.11. The molecule has 1 heterocycles. The lowest BCUT2D eigenvalue weighted by atomic mass is 10.1. The summed E-state index contributed by atoms with van der Waals surface area (Å²) in [5.74, 6) is 0.909. The molecule has 0 aliphatic rings. The summed E-state index contributed by atoms with van der Waals surface area (Å²) in [7, 11) is 0. The van der Waals surface area contributed by atoms with Crippen LogP contribution in [0.3, 0.4) is 0 Å². The summed E-state index contributed by atoms with van der Waals surface area (Å²) in [6.07, 6.45) is 1.01. The highest BCUT2D eigenvalue weighted by Gasteiger charge is 2.11. The molecule has 0 unspecified atom stereocenters. The molecule has 0 radical (unpaired) electrons. The van der Waals surface area contributed by atoms with Gasteiger partial charge < -0.3 is 10.1 Å². The maximum atomic E-state index is 12.4. The minimum atomic E-state index is -0.0743. The summed E-state index contributed by atoms with van der Waals surface area (Å²) in [5.41, 5.74) is 4.04. The quantitative estimate of drug-likeness (QED) is 0.570. The lowest BCUT2D eigenvalue weighted by Crippen LogP contribution is -2.15. The summed E-state index contributed by atoms with van der Waals surface area (Å²) in [5, 5.41) is 4.96. The van der Waals surface area contributed by atoms with Crippen LogP contribution in [0.4, 0.5) is 5.69 Å². The maximum absolute atomic E-state index is 12.4. The van der Waals surface area contributed by atoms with E-state index in [-0.39, 0.29) is 5.91 Å². The Hall–Kier alpha value is -2.53. The van der Waals surface area contributed by atoms with E-state index in [1.165, 1.54) is 17.3 Å². The van der Waals surface area contributed by atoms with Crippen LogP contribution in [0.25, 0.3) is 10.9 Å². The molecule has 140 valence electrons. The van der Waals surface area contributed by atoms with Crippen molar-refractivity contribution in [3.05, 3.63) is 59.7 Å². The molecule has 3 aromatic rings. The molecule has 0 bridgehead atoms. The van der Waals surface area contributed by atoms with Crippen molar-refractivity contribution in [2.45, 2.75) is 32.2 Å². The number of carbonyl (C=O) groups is 1. The summed E-state index contributed by atoms with van der Waals surface area (Å²) in [4.78, 5) is 17.1. The number of amides is 1. The Labute approximate surface area is 164 Å². The number of nitrogens with one attached hydrogen (secondary N) is 1. The molecule has 1 N–H and O–H groups in total. The molecule has 3 rings (SSSR count). The number of carbonyl (C=O) groups excluding carboxylic acids is 1. The van der Waals surface area contributed by atoms with Crippen molar-refractivity contribution in [1.29, 1.82) is 0 Å². The number of ether oxygens (including phenoxy) is 1. The van der Waals surface area contributed by atoms with Gasteiger partial charge in [0.1, 0.15) is 10.8 Å². The number of hydrogen-bond donors (Lipinski definition) is 1. The summed E-state index contributed by atoms with van der Waals surface area (Å²) in [6.45, 7) is 6.66. The minimum Gasteiger partial charge on any atom is -0.492 e. The molecule has 0 aliphatic heterocycles. The molecule has 0 saturated heterocycles. The fourth-order valence-electron chi connectivity index (χ4n) is 2.85. The number of aryl methyl sites for hydroxylation is 2. The third-order valence-electron chi connectivity index (χ3n) is 4.23. The van der Waals surface area contributed by atoms with Gasteiger partial charge in [-0.25, -0.2) is 4.98 Å². The average molecular weight is 381 g/mol. The average Bonchev–Trinajstić information content (AvgIpc) is 2.67. The minimum absolute atomic E-state index is 0.0743. The van der Waals surface area contributed by atoms with Crippen molar-refractivity contribution in [2.75, 3.05) is 17.7 Å². The molecular formula is C22H24N2O2S. The number of rotatable bonds is 7. The van der Waals surface area contributed by atoms with Crippen molar-refractivity contribution >= 4 is 34.3 Å². The fourth-order valence-corrected chi connectivity index (χ4v) is 3.64. The second kappa shape index (κ2) is 8.91. The Morgan fingerprint density at radius 2 is 1.96 bits per heavy atom. The molecule has 27 heavy (non-hydrogen) atoms. The van der Waals surface area contributed by atoms with Crippen molar-refractivity contribution in [2.24, 2.45) is 0 Å². The first-order chi connectivity index (χ1) is 13.1. The van der Waals surface area contributed by atoms with Gasteiger partial charge in [-0.1, -0.05) is 36.9 Å². The Bertz CT molecular complexity index is 956. The van der Waals surface area contributed by atoms with Crippen LogP contribution in [0.2, 0.25) is 0 Å². The van der Waals surface area contributed by atoms with Gasteiger partial charge in [0.05, 0.1) is 23.6 Å². The van der Waals surface area contributed by atoms with E-state index in [0.717, 1.165) is 27.9 Å². The Kier molecular flexibility index (Phi) is 6.35. The molecule has 0 fully saturated rings. The van der Waals surface area contributed by atoms with Gasteiger partial charge in [0.25, 0.3) is 0 Å². The van der Waals surface area contributed by atoms with Crippen molar-refractivity contribution in [1.82, 2.24) is 4.98 Å². The van der Waals surface area contributed by atoms with Crippen LogP contribution in [0.15, 0.2) is 53.6 Å². The number of para-hydroxylation sites is 2. The van der Waals surface area contributed by atoms with Crippen LogP contribution < -0.4 is 10.1 Å². The predicted octanol–water partition coefficient (Wildman–Crippen LogP) is 5.24. The van der Waals surface area contributed by atoms with Crippen LogP contribution in [0.1, 0.15) is 25.0 Å². The zero-order chi connectivity index (χ0) is 19.2. The Balaban J connectivity index is 1.69. The van der Waals surface area contributed by atoms with E-state index >= 15 is 0 Å². The topological polar surface area (TPSA) is 51.2 Å². The van der Waals surface area contributed by atoms with Crippen LogP contribution in [0.5, 0.6) is 5.75 Å². The molecule has 1 aromatic heterocycles. The van der Waals surface area contributed by atoms with E-state index < -0.39 is 0 Å². The van der Waals surface area contributed by atoms with Crippen LogP contribution in [-0.2, 0) is 11.2 Å². The molecular weight excluding hydrogens is 356 g/mol. The molecule has 4 nitrogen and oxygen atoms in total. The molecule has 0 atom stereocenters. The number of aromatic nitrogens is 1. The van der Waals surface area contributed by atoms with Crippen LogP contribution in [0, 0.1) is 6.92 Å². The van der Waals surface area contributed by atoms with Crippen LogP contribution in [-0.4, -0.2) is 23.3 Å². The van der Waals surface area contributed by atoms with Crippen molar-refractivity contribution < 1.29 is 9.53 Å². The van der Waals surface area contributed by atoms with Gasteiger partial charge in [0.15, 0.2) is 0 Å². The van der Waals surface area contributed by atoms with Crippen molar-refractivity contribution in [3.8, 4) is 5.75 Å². The third kappa shape index (κ3) is 4.80. The number of nitrogens with zero attached hydrogens (tertiary/aromatic N) is 1. The Morgan fingerprint density at radius 1 is 1.15 bits per heavy atom. The summed E-state index contributed by atoms with van der Waals surface area (Å²) in [6, 6.07) is 16.0. The van der Waals surface area contributed by atoms with Crippen LogP contribution >= 0.6 is 11.8 Å². The summed E-state index contributed by atoms with van der Waals surface area (Å²) < 4.78 is 5.55. The van der Waals surface area contributed by atoms with Crippen molar-refractivity contribution in [3.63, 3.8) is 0 Å². The molecule has 0 spiro atoms. The monoisotopic (exact) mass is 380 g/mol. The number of benzene rings is 2. The SMILES string of the molecule is CCOc1ccccc1NC(=O)CSc1nc2ccc(CC)cc2cc1C. The molecule has 1 amide bonds. The lowest BCUT2D eigenvalue weighted by molar-refractivity contribution is -0.113. The highest BCUT2D eigenvalue weighted by molar-refractivity contribution is 8.00. The molecule has 0 aliphatic carbocycles. The van der Waals surface area contributed by atoms with E-state index in [9.17, 15) is 4.79 Å².